The first-order chi connectivity index (χ1) is 10.0. The SMILES string of the molecule is COCCN(CCOc1ccccc1C(=O)O)CC(C)C. The third-order valence-electron chi connectivity index (χ3n) is 3.02. The Bertz CT molecular complexity index is 434. The maximum Gasteiger partial charge on any atom is 0.339 e. The van der Waals surface area contributed by atoms with Crippen molar-refractivity contribution in [2.45, 2.75) is 13.8 Å². The Morgan fingerprint density at radius 2 is 1.90 bits per heavy atom. The molecule has 0 aromatic heterocycles. The molecule has 1 aromatic rings. The molecule has 118 valence electrons. The van der Waals surface area contributed by atoms with Gasteiger partial charge in [-0.25, -0.2) is 4.79 Å². The maximum absolute atomic E-state index is 11.1. The molecule has 1 aromatic carbocycles. The third kappa shape index (κ3) is 6.60. The summed E-state index contributed by atoms with van der Waals surface area (Å²) < 4.78 is 10.7. The molecule has 0 amide bonds. The molecule has 0 aliphatic heterocycles. The molecule has 0 saturated carbocycles. The summed E-state index contributed by atoms with van der Waals surface area (Å²) in [5, 5.41) is 9.10. The summed E-state index contributed by atoms with van der Waals surface area (Å²) >= 11 is 0. The Morgan fingerprint density at radius 3 is 2.52 bits per heavy atom. The van der Waals surface area contributed by atoms with Crippen LogP contribution in [0.5, 0.6) is 5.75 Å². The van der Waals surface area contributed by atoms with E-state index in [-0.39, 0.29) is 5.56 Å². The molecule has 0 bridgehead atoms. The summed E-state index contributed by atoms with van der Waals surface area (Å²) in [6, 6.07) is 6.71. The largest absolute Gasteiger partial charge is 0.491 e. The van der Waals surface area contributed by atoms with Crippen molar-refractivity contribution < 1.29 is 19.4 Å². The first kappa shape index (κ1) is 17.5. The number of nitrogens with zero attached hydrogens (tertiary/aromatic N) is 1. The van der Waals surface area contributed by atoms with Crippen LogP contribution in [0.15, 0.2) is 24.3 Å². The average molecular weight is 295 g/mol. The van der Waals surface area contributed by atoms with Gasteiger partial charge in [0.2, 0.25) is 0 Å². The fourth-order valence-corrected chi connectivity index (χ4v) is 2.09. The minimum Gasteiger partial charge on any atom is -0.491 e. The van der Waals surface area contributed by atoms with Gasteiger partial charge in [-0.1, -0.05) is 26.0 Å². The molecule has 21 heavy (non-hydrogen) atoms. The van der Waals surface area contributed by atoms with Crippen molar-refractivity contribution in [3.05, 3.63) is 29.8 Å². The van der Waals surface area contributed by atoms with Gasteiger partial charge in [-0.15, -0.1) is 0 Å². The van der Waals surface area contributed by atoms with E-state index in [1.165, 1.54) is 0 Å². The molecule has 0 atom stereocenters. The number of hydrogen-bond acceptors (Lipinski definition) is 4. The second-order valence-corrected chi connectivity index (χ2v) is 5.34. The second-order valence-electron chi connectivity index (χ2n) is 5.34. The molecular weight excluding hydrogens is 270 g/mol. The maximum atomic E-state index is 11.1. The molecule has 0 heterocycles. The zero-order valence-corrected chi connectivity index (χ0v) is 13.0. The lowest BCUT2D eigenvalue weighted by Crippen LogP contribution is -2.34. The van der Waals surface area contributed by atoms with Crippen molar-refractivity contribution in [3.8, 4) is 5.75 Å². The standard InChI is InChI=1S/C16H25NO4/c1-13(2)12-17(8-10-20-3)9-11-21-15-7-5-4-6-14(15)16(18)19/h4-7,13H,8-12H2,1-3H3,(H,18,19). The second kappa shape index (κ2) is 9.37. The number of para-hydroxylation sites is 1. The summed E-state index contributed by atoms with van der Waals surface area (Å²) in [5.74, 6) is 0.0124. The highest BCUT2D eigenvalue weighted by Gasteiger charge is 2.11. The van der Waals surface area contributed by atoms with Crippen molar-refractivity contribution in [2.75, 3.05) is 40.0 Å². The first-order valence-electron chi connectivity index (χ1n) is 7.21. The summed E-state index contributed by atoms with van der Waals surface area (Å²) in [4.78, 5) is 13.4. The van der Waals surface area contributed by atoms with Crippen molar-refractivity contribution in [1.29, 1.82) is 0 Å². The van der Waals surface area contributed by atoms with E-state index in [0.717, 1.165) is 19.6 Å². The van der Waals surface area contributed by atoms with Crippen molar-refractivity contribution in [3.63, 3.8) is 0 Å². The predicted molar refractivity (Wildman–Crippen MR) is 82.1 cm³/mol. The summed E-state index contributed by atoms with van der Waals surface area (Å²) in [6.07, 6.45) is 0. The van der Waals surface area contributed by atoms with Gasteiger partial charge in [0.15, 0.2) is 0 Å². The fraction of sp³-hybridized carbons (Fsp3) is 0.562. The van der Waals surface area contributed by atoms with Crippen molar-refractivity contribution in [2.24, 2.45) is 5.92 Å². The Hall–Kier alpha value is -1.59. The van der Waals surface area contributed by atoms with E-state index < -0.39 is 5.97 Å². The molecule has 5 nitrogen and oxygen atoms in total. The number of carboxylic acids is 1. The molecule has 5 heteroatoms. The zero-order chi connectivity index (χ0) is 15.7. The van der Waals surface area contributed by atoms with Crippen LogP contribution in [0.25, 0.3) is 0 Å². The van der Waals surface area contributed by atoms with Gasteiger partial charge in [0.05, 0.1) is 6.61 Å². The zero-order valence-electron chi connectivity index (χ0n) is 13.0. The number of aromatic carboxylic acids is 1. The van der Waals surface area contributed by atoms with Crippen LogP contribution in [-0.2, 0) is 4.74 Å². The highest BCUT2D eigenvalue weighted by Crippen LogP contribution is 2.17. The Kier molecular flexibility index (Phi) is 7.79. The van der Waals surface area contributed by atoms with Crippen molar-refractivity contribution >= 4 is 5.97 Å². The summed E-state index contributed by atoms with van der Waals surface area (Å²) in [6.45, 7) is 8.03. The number of carbonyl (C=O) groups is 1. The molecule has 0 unspecified atom stereocenters. The van der Waals surface area contributed by atoms with Crippen molar-refractivity contribution in [1.82, 2.24) is 4.90 Å². The number of hydrogen-bond donors (Lipinski definition) is 1. The molecule has 0 aliphatic carbocycles. The van der Waals surface area contributed by atoms with Gasteiger partial charge in [0.25, 0.3) is 0 Å². The van der Waals surface area contributed by atoms with E-state index in [2.05, 4.69) is 18.7 Å². The van der Waals surface area contributed by atoms with Crippen LogP contribution in [0, 0.1) is 5.92 Å². The van der Waals surface area contributed by atoms with Gasteiger partial charge < -0.3 is 14.6 Å². The molecule has 0 radical (unpaired) electrons. The van der Waals surface area contributed by atoms with Gasteiger partial charge in [-0.2, -0.15) is 0 Å². The smallest absolute Gasteiger partial charge is 0.339 e. The van der Waals surface area contributed by atoms with Crippen LogP contribution in [0.3, 0.4) is 0 Å². The van der Waals surface area contributed by atoms with E-state index in [1.54, 1.807) is 31.4 Å². The average Bonchev–Trinajstić information content (AvgIpc) is 2.44. The number of ether oxygens (including phenoxy) is 2. The monoisotopic (exact) mass is 295 g/mol. The number of rotatable bonds is 10. The normalized spacial score (nSPS) is 11.1. The van der Waals surface area contributed by atoms with E-state index >= 15 is 0 Å². The minimum absolute atomic E-state index is 0.199. The van der Waals surface area contributed by atoms with E-state index in [1.807, 2.05) is 0 Å². The Labute approximate surface area is 126 Å². The van der Waals surface area contributed by atoms with Gasteiger partial charge in [-0.3, -0.25) is 4.90 Å². The first-order valence-corrected chi connectivity index (χ1v) is 7.21. The van der Waals surface area contributed by atoms with Gasteiger partial charge in [0, 0.05) is 26.7 Å². The molecule has 1 N–H and O–H groups in total. The molecular formula is C16H25NO4. The lowest BCUT2D eigenvalue weighted by atomic mass is 10.2. The number of benzene rings is 1. The highest BCUT2D eigenvalue weighted by atomic mass is 16.5. The highest BCUT2D eigenvalue weighted by molar-refractivity contribution is 5.90. The van der Waals surface area contributed by atoms with Gasteiger partial charge in [0.1, 0.15) is 17.9 Å². The number of methoxy groups -OCH3 is 1. The molecule has 0 spiro atoms. The lowest BCUT2D eigenvalue weighted by molar-refractivity contribution is 0.0691. The van der Waals surface area contributed by atoms with Crippen LogP contribution in [-0.4, -0.2) is 55.9 Å². The number of carboxylic acid groups (broad SMARTS) is 1. The minimum atomic E-state index is -0.969. The predicted octanol–water partition coefficient (Wildman–Crippen LogP) is 2.37. The quantitative estimate of drug-likeness (QED) is 0.718. The topological polar surface area (TPSA) is 59.0 Å². The van der Waals surface area contributed by atoms with E-state index in [4.69, 9.17) is 14.6 Å². The third-order valence-corrected chi connectivity index (χ3v) is 3.02. The Balaban J connectivity index is 2.51. The fourth-order valence-electron chi connectivity index (χ4n) is 2.09. The molecule has 0 saturated heterocycles. The summed E-state index contributed by atoms with van der Waals surface area (Å²) in [7, 11) is 1.69. The van der Waals surface area contributed by atoms with Crippen LogP contribution in [0.1, 0.15) is 24.2 Å². The summed E-state index contributed by atoms with van der Waals surface area (Å²) in [5.41, 5.74) is 0.199. The van der Waals surface area contributed by atoms with E-state index in [9.17, 15) is 4.79 Å². The van der Waals surface area contributed by atoms with Crippen LogP contribution in [0.2, 0.25) is 0 Å². The van der Waals surface area contributed by atoms with Crippen LogP contribution in [0.4, 0.5) is 0 Å². The van der Waals surface area contributed by atoms with E-state index in [0.29, 0.717) is 24.9 Å². The molecule has 0 aliphatic rings. The Morgan fingerprint density at radius 1 is 1.24 bits per heavy atom. The molecule has 1 rings (SSSR count). The van der Waals surface area contributed by atoms with Crippen LogP contribution >= 0.6 is 0 Å². The van der Waals surface area contributed by atoms with Gasteiger partial charge in [-0.05, 0) is 18.1 Å². The van der Waals surface area contributed by atoms with Gasteiger partial charge >= 0.3 is 5.97 Å². The van der Waals surface area contributed by atoms with Crippen LogP contribution < -0.4 is 4.74 Å². The molecule has 0 fully saturated rings. The lowest BCUT2D eigenvalue weighted by Gasteiger charge is -2.24.